The van der Waals surface area contributed by atoms with E-state index in [2.05, 4.69) is 49.8 Å². The number of piperazine rings is 1. The van der Waals surface area contributed by atoms with Crippen LogP contribution in [-0.4, -0.2) is 78.0 Å². The van der Waals surface area contributed by atoms with E-state index in [0.717, 1.165) is 78.0 Å². The summed E-state index contributed by atoms with van der Waals surface area (Å²) in [5.41, 5.74) is 4.65. The quantitative estimate of drug-likeness (QED) is 0.622. The summed E-state index contributed by atoms with van der Waals surface area (Å²) in [7, 11) is 1.68. The summed E-state index contributed by atoms with van der Waals surface area (Å²) in [5, 5.41) is 6.98. The smallest absolute Gasteiger partial charge is 0.317 e. The zero-order chi connectivity index (χ0) is 22.6. The Kier molecular flexibility index (Phi) is 6.32. The van der Waals surface area contributed by atoms with Gasteiger partial charge < -0.3 is 15.5 Å². The molecule has 1 fully saturated rings. The van der Waals surface area contributed by atoms with Gasteiger partial charge in [0.05, 0.1) is 10.2 Å². The molecular weight excluding hydrogens is 434 g/mol. The summed E-state index contributed by atoms with van der Waals surface area (Å²) in [6.45, 7) is 5.00. The van der Waals surface area contributed by atoms with Crippen LogP contribution in [0.1, 0.15) is 6.42 Å². The molecule has 2 N–H and O–H groups in total. The highest BCUT2D eigenvalue weighted by Crippen LogP contribution is 2.30. The lowest BCUT2D eigenvalue weighted by Gasteiger charge is -2.35. The van der Waals surface area contributed by atoms with Crippen molar-refractivity contribution < 1.29 is 4.79 Å². The number of hydrogen-bond donors (Lipinski definition) is 2. The van der Waals surface area contributed by atoms with Crippen LogP contribution < -0.4 is 10.6 Å². The Balaban J connectivity index is 1.23. The Bertz CT molecular complexity index is 1200. The lowest BCUT2D eigenvalue weighted by atomic mass is 10.1. The van der Waals surface area contributed by atoms with Crippen molar-refractivity contribution in [1.82, 2.24) is 25.1 Å². The molecule has 0 radical (unpaired) electrons. The van der Waals surface area contributed by atoms with Crippen molar-refractivity contribution in [1.29, 1.82) is 0 Å². The number of rotatable bonds is 4. The van der Waals surface area contributed by atoms with E-state index in [9.17, 15) is 4.79 Å². The predicted molar refractivity (Wildman–Crippen MR) is 134 cm³/mol. The molecule has 0 spiro atoms. The van der Waals surface area contributed by atoms with Crippen LogP contribution in [0, 0.1) is 0 Å². The fourth-order valence-corrected chi connectivity index (χ4v) is 5.11. The molecule has 0 bridgehead atoms. The minimum absolute atomic E-state index is 0.00823. The SMILES string of the molecule is CNC(=O)N1CCN(CC2=CC(Nc3nc4ccc(-c5ccncc5)cc4s3)=NCC2)CC1. The van der Waals surface area contributed by atoms with Gasteiger partial charge in [-0.3, -0.25) is 14.9 Å². The number of aromatic nitrogens is 2. The molecule has 33 heavy (non-hydrogen) atoms. The number of nitrogens with one attached hydrogen (secondary N) is 2. The van der Waals surface area contributed by atoms with E-state index in [-0.39, 0.29) is 6.03 Å². The molecule has 5 rings (SSSR count). The number of carbonyl (C=O) groups excluding carboxylic acids is 1. The molecule has 2 aromatic heterocycles. The molecule has 2 amide bonds. The lowest BCUT2D eigenvalue weighted by molar-refractivity contribution is 0.146. The zero-order valence-electron chi connectivity index (χ0n) is 18.6. The molecular formula is C24H27N7OS. The molecule has 2 aliphatic heterocycles. The van der Waals surface area contributed by atoms with Crippen LogP contribution in [0.4, 0.5) is 9.93 Å². The van der Waals surface area contributed by atoms with Crippen molar-refractivity contribution in [2.24, 2.45) is 4.99 Å². The monoisotopic (exact) mass is 461 g/mol. The van der Waals surface area contributed by atoms with E-state index in [0.29, 0.717) is 0 Å². The molecule has 4 heterocycles. The number of hydrogen-bond acceptors (Lipinski definition) is 7. The molecule has 0 aliphatic carbocycles. The average Bonchev–Trinajstić information content (AvgIpc) is 3.26. The maximum Gasteiger partial charge on any atom is 0.317 e. The van der Waals surface area contributed by atoms with Gasteiger partial charge in [-0.05, 0) is 47.9 Å². The number of nitrogens with zero attached hydrogens (tertiary/aromatic N) is 5. The van der Waals surface area contributed by atoms with Crippen LogP contribution in [0.5, 0.6) is 0 Å². The van der Waals surface area contributed by atoms with Gasteiger partial charge >= 0.3 is 6.03 Å². The number of pyridine rings is 1. The van der Waals surface area contributed by atoms with Gasteiger partial charge in [-0.25, -0.2) is 9.78 Å². The summed E-state index contributed by atoms with van der Waals surface area (Å²) >= 11 is 1.64. The van der Waals surface area contributed by atoms with Crippen LogP contribution in [0.3, 0.4) is 0 Å². The molecule has 8 nitrogen and oxygen atoms in total. The molecule has 3 aromatic rings. The van der Waals surface area contributed by atoms with Crippen molar-refractivity contribution in [3.05, 3.63) is 54.4 Å². The minimum Gasteiger partial charge on any atom is -0.341 e. The van der Waals surface area contributed by atoms with Gasteiger partial charge in [0.25, 0.3) is 0 Å². The van der Waals surface area contributed by atoms with E-state index in [1.807, 2.05) is 29.4 Å². The molecule has 2 aliphatic rings. The van der Waals surface area contributed by atoms with E-state index >= 15 is 0 Å². The van der Waals surface area contributed by atoms with Gasteiger partial charge in [-0.1, -0.05) is 23.0 Å². The summed E-state index contributed by atoms with van der Waals surface area (Å²) in [6, 6.07) is 10.4. The topological polar surface area (TPSA) is 85.8 Å². The first-order chi connectivity index (χ1) is 16.2. The first kappa shape index (κ1) is 21.5. The number of fused-ring (bicyclic) bond motifs is 1. The van der Waals surface area contributed by atoms with Crippen molar-refractivity contribution in [2.45, 2.75) is 6.42 Å². The second-order valence-corrected chi connectivity index (χ2v) is 9.23. The molecule has 0 saturated carbocycles. The van der Waals surface area contributed by atoms with Crippen molar-refractivity contribution in [2.75, 3.05) is 51.6 Å². The van der Waals surface area contributed by atoms with Crippen LogP contribution in [-0.2, 0) is 0 Å². The van der Waals surface area contributed by atoms with E-state index in [1.165, 1.54) is 5.57 Å². The highest BCUT2D eigenvalue weighted by atomic mass is 32.1. The molecule has 0 atom stereocenters. The second kappa shape index (κ2) is 9.68. The normalized spacial score (nSPS) is 16.9. The summed E-state index contributed by atoms with van der Waals surface area (Å²) in [4.78, 5) is 29.6. The summed E-state index contributed by atoms with van der Waals surface area (Å²) < 4.78 is 1.14. The molecule has 1 saturated heterocycles. The number of amidine groups is 1. The number of thiazole rings is 1. The highest BCUT2D eigenvalue weighted by Gasteiger charge is 2.21. The van der Waals surface area contributed by atoms with Gasteiger partial charge in [0.15, 0.2) is 5.13 Å². The van der Waals surface area contributed by atoms with Crippen molar-refractivity contribution in [3.8, 4) is 11.1 Å². The number of benzene rings is 1. The van der Waals surface area contributed by atoms with E-state index in [4.69, 9.17) is 4.98 Å². The Morgan fingerprint density at radius 2 is 1.91 bits per heavy atom. The summed E-state index contributed by atoms with van der Waals surface area (Å²) in [6.07, 6.45) is 6.75. The third-order valence-electron chi connectivity index (χ3n) is 5.99. The number of amides is 2. The van der Waals surface area contributed by atoms with Gasteiger partial charge in [0.1, 0.15) is 5.84 Å². The Morgan fingerprint density at radius 3 is 2.70 bits per heavy atom. The summed E-state index contributed by atoms with van der Waals surface area (Å²) in [5.74, 6) is 0.869. The van der Waals surface area contributed by atoms with Crippen LogP contribution in [0.15, 0.2) is 59.4 Å². The highest BCUT2D eigenvalue weighted by molar-refractivity contribution is 7.22. The van der Waals surface area contributed by atoms with Gasteiger partial charge in [0.2, 0.25) is 0 Å². The fourth-order valence-electron chi connectivity index (χ4n) is 4.20. The average molecular weight is 462 g/mol. The number of aliphatic imine (C=N–C) groups is 1. The fraction of sp³-hybridized carbons (Fsp3) is 0.333. The van der Waals surface area contributed by atoms with Crippen LogP contribution >= 0.6 is 11.3 Å². The largest absolute Gasteiger partial charge is 0.341 e. The third-order valence-corrected chi connectivity index (χ3v) is 6.93. The minimum atomic E-state index is 0.00823. The van der Waals surface area contributed by atoms with Crippen molar-refractivity contribution in [3.63, 3.8) is 0 Å². The predicted octanol–water partition coefficient (Wildman–Crippen LogP) is 3.46. The Labute approximate surface area is 197 Å². The molecule has 9 heteroatoms. The second-order valence-electron chi connectivity index (χ2n) is 8.20. The van der Waals surface area contributed by atoms with Crippen molar-refractivity contribution >= 4 is 38.6 Å². The van der Waals surface area contributed by atoms with Crippen LogP contribution in [0.25, 0.3) is 21.3 Å². The van der Waals surface area contributed by atoms with Gasteiger partial charge in [0, 0.05) is 58.7 Å². The maximum absolute atomic E-state index is 11.8. The van der Waals surface area contributed by atoms with Gasteiger partial charge in [-0.15, -0.1) is 0 Å². The lowest BCUT2D eigenvalue weighted by Crippen LogP contribution is -2.51. The maximum atomic E-state index is 11.8. The first-order valence-electron chi connectivity index (χ1n) is 11.2. The molecule has 170 valence electrons. The molecule has 1 aromatic carbocycles. The van der Waals surface area contributed by atoms with E-state index in [1.54, 1.807) is 18.4 Å². The zero-order valence-corrected chi connectivity index (χ0v) is 19.4. The standard InChI is InChI=1S/C24H27N7OS/c1-25-24(32)31-12-10-30(11-13-31)16-17-4-9-27-22(14-17)29-23-28-20-3-2-19(15-21(20)33-23)18-5-7-26-8-6-18/h2-3,5-8,14-15H,4,9-13,16H2,1H3,(H,25,32)(H,27,28,29). The van der Waals surface area contributed by atoms with Gasteiger partial charge in [-0.2, -0.15) is 0 Å². The van der Waals surface area contributed by atoms with E-state index < -0.39 is 0 Å². The Morgan fingerprint density at radius 1 is 1.09 bits per heavy atom. The van der Waals surface area contributed by atoms with Crippen LogP contribution in [0.2, 0.25) is 0 Å². The number of anilines is 1. The Hall–Kier alpha value is -3.30. The molecule has 0 unspecified atom stereocenters. The third kappa shape index (κ3) is 5.04. The first-order valence-corrected chi connectivity index (χ1v) is 12.0. The number of urea groups is 1. The number of dihydropyridines is 1. The number of carbonyl (C=O) groups is 1.